The Morgan fingerprint density at radius 1 is 0.568 bits per heavy atom. The number of aliphatic carboxylic acids is 1. The van der Waals surface area contributed by atoms with Crippen molar-refractivity contribution >= 4 is 11.9 Å². The number of carboxylic acids is 1. The fourth-order valence-electron chi connectivity index (χ4n) is 23.4. The number of hydrogen-bond acceptors (Lipinski definition) is 6. The third-order valence-corrected chi connectivity index (χ3v) is 29.6. The van der Waals surface area contributed by atoms with Crippen molar-refractivity contribution in [1.82, 2.24) is 0 Å². The van der Waals surface area contributed by atoms with Crippen LogP contribution in [0.15, 0.2) is 23.3 Å². The molecular formula is C88H148O7. The number of carbonyl (C=O) groups excluding carboxylic acids is 1. The maximum absolute atomic E-state index is 12.1. The molecule has 1 aromatic carbocycles. The molecule has 1 aliphatic heterocycles. The zero-order valence-electron chi connectivity index (χ0n) is 65.1. The first-order valence-corrected chi connectivity index (χ1v) is 40.6. The van der Waals surface area contributed by atoms with Crippen molar-refractivity contribution in [2.75, 3.05) is 0 Å². The molecule has 6 fully saturated rings. The van der Waals surface area contributed by atoms with Gasteiger partial charge in [0.25, 0.3) is 0 Å². The van der Waals surface area contributed by atoms with Crippen molar-refractivity contribution in [2.24, 2.45) is 110 Å². The second kappa shape index (κ2) is 32.9. The number of hydrogen-bond donors (Lipinski definition) is 3. The largest absolute Gasteiger partial charge is 0.507 e. The molecule has 0 aromatic heterocycles. The van der Waals surface area contributed by atoms with Gasteiger partial charge in [-0.15, -0.1) is 0 Å². The highest BCUT2D eigenvalue weighted by atomic mass is 16.5. The maximum Gasteiger partial charge on any atom is 0.306 e. The molecule has 0 amide bonds. The Balaban J connectivity index is 0.000000184. The summed E-state index contributed by atoms with van der Waals surface area (Å²) in [5.41, 5.74) is 9.59. The van der Waals surface area contributed by atoms with Gasteiger partial charge in [-0.3, -0.25) is 9.59 Å². The fourth-order valence-corrected chi connectivity index (χ4v) is 23.4. The van der Waals surface area contributed by atoms with Gasteiger partial charge in [-0.05, 0) is 289 Å². The quantitative estimate of drug-likeness (QED) is 0.0625. The van der Waals surface area contributed by atoms with Gasteiger partial charge < -0.3 is 24.8 Å². The van der Waals surface area contributed by atoms with Crippen LogP contribution in [0.3, 0.4) is 0 Å². The molecule has 6 saturated carbocycles. The second-order valence-electron chi connectivity index (χ2n) is 38.1. The topological polar surface area (TPSA) is 113 Å². The summed E-state index contributed by atoms with van der Waals surface area (Å²) in [5.74, 6) is 12.3. The van der Waals surface area contributed by atoms with Gasteiger partial charge in [0, 0.05) is 12.0 Å². The number of rotatable bonds is 26. The lowest BCUT2D eigenvalue weighted by Gasteiger charge is -2.58. The fraction of sp³-hybridized carbons (Fsp3) is 0.864. The monoisotopic (exact) mass is 1320 g/mol. The number of phenolic OH excluding ortho intramolecular Hbond substituents is 1. The van der Waals surface area contributed by atoms with Gasteiger partial charge in [-0.2, -0.15) is 0 Å². The number of aromatic hydroxyl groups is 1. The summed E-state index contributed by atoms with van der Waals surface area (Å²) in [5, 5.41) is 29.5. The predicted molar refractivity (Wildman–Crippen MR) is 398 cm³/mol. The molecule has 0 unspecified atom stereocenters. The number of fused-ring (bicyclic) bond motifs is 11. The third-order valence-electron chi connectivity index (χ3n) is 29.6. The third kappa shape index (κ3) is 18.5. The molecule has 9 aliphatic rings. The van der Waals surface area contributed by atoms with Gasteiger partial charge in [0.1, 0.15) is 23.2 Å². The molecule has 1 heterocycles. The SMILES string of the molecule is CC(C)CCC[C@@H](C)[C@H]1CC[C@H]2[C@@H]3CC=C4C[C@@H](O)CC[C@]4(C)[C@H]3CC[C@]12C.CC(C)CCC[C@@H](C)[C@H]1CC[C@H]2[C@@H]3CC=C4C[C@@H](OC(=O)CCC(=O)O)CC[C@]4(C)[C@H]3CC[C@]12C.Cc1c(C)c2c(c(C)c1O)CC[C@@](C)(CCC[C@H](C)CCCC(C)(C)CCCC(C)C)O2. The molecule has 542 valence electrons. The number of allylic oxidation sites excluding steroid dienone is 2. The summed E-state index contributed by atoms with van der Waals surface area (Å²) in [6, 6.07) is 0. The minimum absolute atomic E-state index is 0.0236. The molecule has 7 nitrogen and oxygen atoms in total. The first kappa shape index (κ1) is 77.9. The molecule has 0 radical (unpaired) electrons. The van der Waals surface area contributed by atoms with E-state index in [2.05, 4.69) is 130 Å². The Morgan fingerprint density at radius 2 is 1.06 bits per heavy atom. The van der Waals surface area contributed by atoms with Crippen molar-refractivity contribution in [1.29, 1.82) is 0 Å². The molecule has 10 rings (SSSR count). The molecule has 1 aromatic rings. The van der Waals surface area contributed by atoms with E-state index in [1.165, 1.54) is 172 Å². The van der Waals surface area contributed by atoms with Crippen LogP contribution in [0.25, 0.3) is 0 Å². The highest BCUT2D eigenvalue weighted by Gasteiger charge is 2.61. The van der Waals surface area contributed by atoms with E-state index >= 15 is 0 Å². The first-order chi connectivity index (χ1) is 44.6. The highest BCUT2D eigenvalue weighted by Crippen LogP contribution is 2.69. The van der Waals surface area contributed by atoms with Crippen LogP contribution in [-0.4, -0.2) is 45.1 Å². The number of phenols is 1. The van der Waals surface area contributed by atoms with Gasteiger partial charge in [0.2, 0.25) is 0 Å². The number of benzene rings is 1. The molecule has 0 saturated heterocycles. The van der Waals surface area contributed by atoms with Crippen LogP contribution in [0.5, 0.6) is 11.5 Å². The van der Waals surface area contributed by atoms with E-state index in [9.17, 15) is 19.8 Å². The summed E-state index contributed by atoms with van der Waals surface area (Å²) in [6.45, 7) is 45.4. The van der Waals surface area contributed by atoms with E-state index in [1.807, 2.05) is 13.8 Å². The van der Waals surface area contributed by atoms with E-state index in [0.29, 0.717) is 27.4 Å². The van der Waals surface area contributed by atoms with Crippen LogP contribution in [0.2, 0.25) is 0 Å². The standard InChI is InChI=1S/C31H50O4.C30H52O2.C27H46O/c1-20(2)7-6-8-21(3)25-11-12-26-24-10-9-22-19-23(35-29(34)14-13-28(32)33)15-17-30(22,4)27(24)16-18-31(25,26)5;1-21(2)13-10-17-29(7,8)18-11-14-22(3)15-12-19-30(9)20-16-26-25(6)27(31)23(4)24(5)28(26)32-30;1-18(2)7-6-8-19(3)23-11-12-24-22-10-9-20-17-21(28)13-15-26(20,4)25(22)14-16-27(23,24)5/h9,20-21,23-27H,6-8,10-19H2,1-5H3,(H,32,33);21-22,31H,10-20H2,1-9H3;9,18-19,21-25,28H,6-8,10-17H2,1-5H3/t21-,23+,24+,25-,26+,27+,30+,31-;22-,30-;19-,21+,22+,23-,24+,25+,26+,27-/m111/s1. The van der Waals surface area contributed by atoms with Crippen LogP contribution in [-0.2, 0) is 20.7 Å². The Labute approximate surface area is 584 Å². The van der Waals surface area contributed by atoms with Crippen molar-refractivity contribution in [3.8, 4) is 11.5 Å². The average molecular weight is 1320 g/mol. The number of carbonyl (C=O) groups is 2. The lowest BCUT2D eigenvalue weighted by atomic mass is 9.47. The average Bonchev–Trinajstić information content (AvgIpc) is 1.70. The van der Waals surface area contributed by atoms with Crippen molar-refractivity contribution < 1.29 is 34.4 Å². The Morgan fingerprint density at radius 3 is 1.59 bits per heavy atom. The lowest BCUT2D eigenvalue weighted by molar-refractivity contribution is -0.154. The zero-order valence-corrected chi connectivity index (χ0v) is 65.1. The van der Waals surface area contributed by atoms with Crippen LogP contribution < -0.4 is 4.74 Å². The number of aliphatic hydroxyl groups is 1. The van der Waals surface area contributed by atoms with Gasteiger partial charge in [-0.1, -0.05) is 198 Å². The summed E-state index contributed by atoms with van der Waals surface area (Å²) in [4.78, 5) is 22.9. The summed E-state index contributed by atoms with van der Waals surface area (Å²) < 4.78 is 12.3. The molecule has 8 aliphatic carbocycles. The number of ether oxygens (including phenoxy) is 2. The van der Waals surface area contributed by atoms with Gasteiger partial charge in [-0.25, -0.2) is 0 Å². The molecular weight excluding hydrogens is 1170 g/mol. The van der Waals surface area contributed by atoms with Gasteiger partial charge in [0.15, 0.2) is 0 Å². The smallest absolute Gasteiger partial charge is 0.306 e. The summed E-state index contributed by atoms with van der Waals surface area (Å²) in [7, 11) is 0. The molecule has 3 N–H and O–H groups in total. The van der Waals surface area contributed by atoms with Crippen molar-refractivity contribution in [3.05, 3.63) is 45.6 Å². The molecule has 0 bridgehead atoms. The van der Waals surface area contributed by atoms with Crippen LogP contribution >= 0.6 is 0 Å². The maximum atomic E-state index is 12.1. The Hall–Kier alpha value is -2.80. The van der Waals surface area contributed by atoms with Crippen molar-refractivity contribution in [3.63, 3.8) is 0 Å². The van der Waals surface area contributed by atoms with Crippen LogP contribution in [0.4, 0.5) is 0 Å². The number of esters is 1. The Bertz CT molecular complexity index is 2730. The van der Waals surface area contributed by atoms with E-state index in [-0.39, 0.29) is 42.0 Å². The second-order valence-corrected chi connectivity index (χ2v) is 38.1. The first-order valence-electron chi connectivity index (χ1n) is 40.6. The van der Waals surface area contributed by atoms with E-state index in [1.54, 1.807) is 5.57 Å². The van der Waals surface area contributed by atoms with Gasteiger partial charge >= 0.3 is 11.9 Å². The molecule has 18 atom stereocenters. The number of carboxylic acid groups (broad SMARTS) is 1. The lowest BCUT2D eigenvalue weighted by Crippen LogP contribution is -2.51. The van der Waals surface area contributed by atoms with Crippen molar-refractivity contribution in [2.45, 2.75) is 374 Å². The summed E-state index contributed by atoms with van der Waals surface area (Å²) in [6.07, 6.45) is 47.1. The zero-order chi connectivity index (χ0) is 69.6. The van der Waals surface area contributed by atoms with Crippen LogP contribution in [0.1, 0.15) is 351 Å². The predicted octanol–water partition coefficient (Wildman–Crippen LogP) is 24.4. The van der Waals surface area contributed by atoms with Gasteiger partial charge in [0.05, 0.1) is 18.9 Å². The number of aliphatic hydroxyl groups excluding tert-OH is 1. The summed E-state index contributed by atoms with van der Waals surface area (Å²) >= 11 is 0. The molecule has 95 heavy (non-hydrogen) atoms. The van der Waals surface area contributed by atoms with E-state index in [0.717, 1.165) is 157 Å². The van der Waals surface area contributed by atoms with Crippen LogP contribution in [0, 0.1) is 131 Å². The van der Waals surface area contributed by atoms with E-state index in [4.69, 9.17) is 14.6 Å². The highest BCUT2D eigenvalue weighted by molar-refractivity contribution is 5.76. The normalized spacial score (nSPS) is 34.8. The molecule has 0 spiro atoms. The molecule has 7 heteroatoms. The Kier molecular flexibility index (Phi) is 27.0. The van der Waals surface area contributed by atoms with E-state index < -0.39 is 5.97 Å². The minimum atomic E-state index is -0.942. The minimum Gasteiger partial charge on any atom is -0.507 e.